The Morgan fingerprint density at radius 2 is 2.06 bits per heavy atom. The van der Waals surface area contributed by atoms with Crippen LogP contribution in [-0.4, -0.2) is 35.6 Å². The maximum Gasteiger partial charge on any atom is 0.250 e. The first-order chi connectivity index (χ1) is 8.19. The molecule has 0 atom stereocenters. The second kappa shape index (κ2) is 5.36. The van der Waals surface area contributed by atoms with Crippen LogP contribution in [-0.2, 0) is 6.54 Å². The molecule has 2 rings (SSSR count). The van der Waals surface area contributed by atoms with Gasteiger partial charge in [-0.1, -0.05) is 0 Å². The van der Waals surface area contributed by atoms with Crippen LogP contribution in [0.4, 0.5) is 5.69 Å². The lowest BCUT2D eigenvalue weighted by Gasteiger charge is -2.30. The quantitative estimate of drug-likeness (QED) is 0.860. The van der Waals surface area contributed by atoms with Crippen LogP contribution >= 0.6 is 0 Å². The minimum atomic E-state index is 0.0708. The van der Waals surface area contributed by atoms with Gasteiger partial charge in [0.15, 0.2) is 0 Å². The summed E-state index contributed by atoms with van der Waals surface area (Å²) in [6.07, 6.45) is 4.25. The highest BCUT2D eigenvalue weighted by Crippen LogP contribution is 2.14. The van der Waals surface area contributed by atoms with E-state index >= 15 is 0 Å². The van der Waals surface area contributed by atoms with E-state index in [2.05, 4.69) is 17.3 Å². The summed E-state index contributed by atoms with van der Waals surface area (Å²) in [6, 6.07) is 4.06. The first kappa shape index (κ1) is 12.2. The number of hydrogen-bond donors (Lipinski definition) is 1. The Morgan fingerprint density at radius 1 is 1.35 bits per heavy atom. The summed E-state index contributed by atoms with van der Waals surface area (Å²) in [5.74, 6) is 0. The number of anilines is 1. The molecule has 1 aliphatic heterocycles. The Kier molecular flexibility index (Phi) is 3.84. The summed E-state index contributed by atoms with van der Waals surface area (Å²) >= 11 is 0. The molecule has 0 saturated carbocycles. The van der Waals surface area contributed by atoms with Crippen molar-refractivity contribution in [2.75, 3.05) is 25.5 Å². The topological polar surface area (TPSA) is 37.3 Å². The molecule has 4 nitrogen and oxygen atoms in total. The predicted octanol–water partition coefficient (Wildman–Crippen LogP) is 1.37. The summed E-state index contributed by atoms with van der Waals surface area (Å²) in [5.41, 5.74) is 1.13. The van der Waals surface area contributed by atoms with Crippen LogP contribution in [0, 0.1) is 0 Å². The van der Waals surface area contributed by atoms with Crippen molar-refractivity contribution < 1.29 is 0 Å². The molecule has 0 aliphatic carbocycles. The van der Waals surface area contributed by atoms with Gasteiger partial charge in [-0.05, 0) is 46.0 Å². The lowest BCUT2D eigenvalue weighted by Crippen LogP contribution is -2.36. The molecule has 4 heteroatoms. The molecule has 0 bridgehead atoms. The Labute approximate surface area is 102 Å². The van der Waals surface area contributed by atoms with E-state index in [-0.39, 0.29) is 5.56 Å². The van der Waals surface area contributed by atoms with Crippen molar-refractivity contribution in [1.29, 1.82) is 0 Å². The third kappa shape index (κ3) is 3.09. The third-order valence-electron chi connectivity index (χ3n) is 3.41. The largest absolute Gasteiger partial charge is 0.381 e. The zero-order chi connectivity index (χ0) is 12.3. The zero-order valence-corrected chi connectivity index (χ0v) is 10.6. The fraction of sp³-hybridized carbons (Fsp3) is 0.615. The van der Waals surface area contributed by atoms with Crippen molar-refractivity contribution in [1.82, 2.24) is 9.47 Å². The highest BCUT2D eigenvalue weighted by Gasteiger charge is 2.16. The number of rotatable bonds is 3. The van der Waals surface area contributed by atoms with Crippen LogP contribution in [0.15, 0.2) is 23.1 Å². The highest BCUT2D eigenvalue weighted by molar-refractivity contribution is 5.41. The van der Waals surface area contributed by atoms with E-state index in [1.165, 1.54) is 12.8 Å². The maximum atomic E-state index is 11.5. The Hall–Kier alpha value is -1.29. The molecule has 0 spiro atoms. The average Bonchev–Trinajstić information content (AvgIpc) is 2.34. The second-order valence-corrected chi connectivity index (χ2v) is 4.76. The summed E-state index contributed by atoms with van der Waals surface area (Å²) < 4.78 is 1.73. The number of aryl methyl sites for hydroxylation is 1. The molecule has 1 aromatic heterocycles. The fourth-order valence-corrected chi connectivity index (χ4v) is 2.25. The SMILES string of the molecule is CCn1cc(NC2CCN(C)CC2)ccc1=O. The van der Waals surface area contributed by atoms with Gasteiger partial charge in [-0.15, -0.1) is 0 Å². The summed E-state index contributed by atoms with van der Waals surface area (Å²) in [4.78, 5) is 13.8. The fourth-order valence-electron chi connectivity index (χ4n) is 2.25. The molecule has 1 N–H and O–H groups in total. The minimum Gasteiger partial charge on any atom is -0.381 e. The minimum absolute atomic E-state index is 0.0708. The van der Waals surface area contributed by atoms with Gasteiger partial charge in [0.25, 0.3) is 5.56 Å². The van der Waals surface area contributed by atoms with Gasteiger partial charge < -0.3 is 14.8 Å². The lowest BCUT2D eigenvalue weighted by molar-refractivity contribution is 0.264. The molecule has 1 saturated heterocycles. The highest BCUT2D eigenvalue weighted by atomic mass is 16.1. The standard InChI is InChI=1S/C13H21N3O/c1-3-16-10-12(4-5-13(16)17)14-11-6-8-15(2)9-7-11/h4-5,10-11,14H,3,6-9H2,1-2H3. The monoisotopic (exact) mass is 235 g/mol. The summed E-state index contributed by atoms with van der Waals surface area (Å²) in [6.45, 7) is 5.00. The average molecular weight is 235 g/mol. The van der Waals surface area contributed by atoms with E-state index in [1.54, 1.807) is 10.6 Å². The van der Waals surface area contributed by atoms with Crippen LogP contribution in [0.2, 0.25) is 0 Å². The molecular weight excluding hydrogens is 214 g/mol. The first-order valence-corrected chi connectivity index (χ1v) is 6.34. The van der Waals surface area contributed by atoms with Crippen LogP contribution in [0.1, 0.15) is 19.8 Å². The molecule has 1 fully saturated rings. The zero-order valence-electron chi connectivity index (χ0n) is 10.6. The summed E-state index contributed by atoms with van der Waals surface area (Å²) in [5, 5.41) is 3.52. The van der Waals surface area contributed by atoms with Gasteiger partial charge in [0, 0.05) is 24.8 Å². The molecule has 94 valence electrons. The number of nitrogens with zero attached hydrogens (tertiary/aromatic N) is 2. The first-order valence-electron chi connectivity index (χ1n) is 6.34. The summed E-state index contributed by atoms with van der Waals surface area (Å²) in [7, 11) is 2.16. The van der Waals surface area contributed by atoms with E-state index in [4.69, 9.17) is 0 Å². The molecule has 0 amide bonds. The molecule has 17 heavy (non-hydrogen) atoms. The number of nitrogens with one attached hydrogen (secondary N) is 1. The van der Waals surface area contributed by atoms with Crippen LogP contribution in [0.3, 0.4) is 0 Å². The van der Waals surface area contributed by atoms with Gasteiger partial charge in [0.05, 0.1) is 5.69 Å². The van der Waals surface area contributed by atoms with E-state index in [0.29, 0.717) is 6.04 Å². The van der Waals surface area contributed by atoms with Gasteiger partial charge >= 0.3 is 0 Å². The number of aromatic nitrogens is 1. The smallest absolute Gasteiger partial charge is 0.250 e. The van der Waals surface area contributed by atoms with Crippen molar-refractivity contribution in [3.63, 3.8) is 0 Å². The molecule has 0 unspecified atom stereocenters. The van der Waals surface area contributed by atoms with Crippen molar-refractivity contribution in [2.24, 2.45) is 0 Å². The predicted molar refractivity (Wildman–Crippen MR) is 70.5 cm³/mol. The van der Waals surface area contributed by atoms with Gasteiger partial charge in [0.1, 0.15) is 0 Å². The van der Waals surface area contributed by atoms with Crippen molar-refractivity contribution in [3.8, 4) is 0 Å². The number of likely N-dealkylation sites (tertiary alicyclic amines) is 1. The van der Waals surface area contributed by atoms with E-state index in [9.17, 15) is 4.79 Å². The van der Waals surface area contributed by atoms with Gasteiger partial charge in [-0.2, -0.15) is 0 Å². The van der Waals surface area contributed by atoms with Gasteiger partial charge in [0.2, 0.25) is 0 Å². The molecule has 2 heterocycles. The Morgan fingerprint density at radius 3 is 2.71 bits per heavy atom. The molecule has 0 aromatic carbocycles. The van der Waals surface area contributed by atoms with Crippen LogP contribution in [0.5, 0.6) is 0 Å². The van der Waals surface area contributed by atoms with Crippen molar-refractivity contribution in [3.05, 3.63) is 28.7 Å². The Balaban J connectivity index is 2.01. The van der Waals surface area contributed by atoms with Gasteiger partial charge in [-0.3, -0.25) is 4.79 Å². The number of hydrogen-bond acceptors (Lipinski definition) is 3. The lowest BCUT2D eigenvalue weighted by atomic mass is 10.1. The second-order valence-electron chi connectivity index (χ2n) is 4.76. The molecule has 1 aromatic rings. The normalized spacial score (nSPS) is 18.2. The number of piperidine rings is 1. The third-order valence-corrected chi connectivity index (χ3v) is 3.41. The van der Waals surface area contributed by atoms with Gasteiger partial charge in [-0.25, -0.2) is 0 Å². The maximum absolute atomic E-state index is 11.5. The van der Waals surface area contributed by atoms with Crippen LogP contribution in [0.25, 0.3) is 0 Å². The van der Waals surface area contributed by atoms with Crippen molar-refractivity contribution >= 4 is 5.69 Å². The molecular formula is C13H21N3O. The number of pyridine rings is 1. The Bertz CT molecular complexity index is 419. The van der Waals surface area contributed by atoms with E-state index in [0.717, 1.165) is 25.3 Å². The molecule has 1 aliphatic rings. The molecule has 0 radical (unpaired) electrons. The van der Waals surface area contributed by atoms with E-state index in [1.807, 2.05) is 19.2 Å². The van der Waals surface area contributed by atoms with Crippen LogP contribution < -0.4 is 10.9 Å². The van der Waals surface area contributed by atoms with Crippen molar-refractivity contribution in [2.45, 2.75) is 32.4 Å². The van der Waals surface area contributed by atoms with E-state index < -0.39 is 0 Å².